The summed E-state index contributed by atoms with van der Waals surface area (Å²) in [5, 5.41) is 15.0. The Balaban J connectivity index is 1.82. The fourth-order valence-electron chi connectivity index (χ4n) is 3.28. The van der Waals surface area contributed by atoms with Crippen molar-refractivity contribution in [3.05, 3.63) is 33.7 Å². The van der Waals surface area contributed by atoms with E-state index in [0.29, 0.717) is 16.0 Å². The molecule has 0 aromatic heterocycles. The molecule has 1 atom stereocenters. The molecule has 0 spiro atoms. The van der Waals surface area contributed by atoms with Gasteiger partial charge in [-0.3, -0.25) is 14.9 Å². The molecule has 0 bridgehead atoms. The predicted molar refractivity (Wildman–Crippen MR) is 105 cm³/mol. The van der Waals surface area contributed by atoms with Gasteiger partial charge in [0.15, 0.2) is 0 Å². The molecular weight excluding hydrogens is 374 g/mol. The lowest BCUT2D eigenvalue weighted by Gasteiger charge is -2.36. The maximum Gasteiger partial charge on any atom is 0.290 e. The average molecular weight is 396 g/mol. The van der Waals surface area contributed by atoms with Crippen molar-refractivity contribution in [2.45, 2.75) is 25.3 Å². The number of nitrogens with zero attached hydrogens (tertiary/aromatic N) is 1. The number of hydrogen-bond acceptors (Lipinski definition) is 6. The largest absolute Gasteiger partial charge is 0.396 e. The van der Waals surface area contributed by atoms with Crippen molar-refractivity contribution in [3.63, 3.8) is 0 Å². The van der Waals surface area contributed by atoms with Crippen LogP contribution in [0, 0.1) is 0 Å². The number of carbonyl (C=O) groups is 2. The number of aliphatic hydroxyl groups is 1. The van der Waals surface area contributed by atoms with Crippen molar-refractivity contribution in [1.82, 2.24) is 10.6 Å². The monoisotopic (exact) mass is 395 g/mol. The Morgan fingerprint density at radius 3 is 3.00 bits per heavy atom. The van der Waals surface area contributed by atoms with Gasteiger partial charge in [-0.25, -0.2) is 0 Å². The standard InChI is InChI=1S/C18H22ClN3O3S/c19-14-6-1-4-12(10-15-17(24)21-18(25)26-15)16(14)22-8-2-5-13(11-22)20-7-3-9-23/h1,4,6,10,13,20,23H,2-3,5,7-9,11H2,(H,21,24,25)/t13-/m1/s1. The highest BCUT2D eigenvalue weighted by molar-refractivity contribution is 8.18. The van der Waals surface area contributed by atoms with Gasteiger partial charge >= 0.3 is 0 Å². The maximum absolute atomic E-state index is 11.9. The Bertz CT molecular complexity index is 726. The van der Waals surface area contributed by atoms with E-state index >= 15 is 0 Å². The first-order chi connectivity index (χ1) is 12.6. The first-order valence-corrected chi connectivity index (χ1v) is 9.90. The fourth-order valence-corrected chi connectivity index (χ4v) is 4.25. The molecule has 26 heavy (non-hydrogen) atoms. The van der Waals surface area contributed by atoms with Gasteiger partial charge in [-0.2, -0.15) is 0 Å². The molecule has 2 aliphatic rings. The van der Waals surface area contributed by atoms with Gasteiger partial charge in [-0.05, 0) is 49.7 Å². The lowest BCUT2D eigenvalue weighted by atomic mass is 10.0. The number of imide groups is 1. The van der Waals surface area contributed by atoms with E-state index in [1.54, 1.807) is 6.08 Å². The third-order valence-corrected chi connectivity index (χ3v) is 5.57. The third-order valence-electron chi connectivity index (χ3n) is 4.45. The number of hydrogen-bond donors (Lipinski definition) is 3. The quantitative estimate of drug-likeness (QED) is 0.507. The normalized spacial score (nSPS) is 22.2. The first-order valence-electron chi connectivity index (χ1n) is 8.71. The van der Waals surface area contributed by atoms with Crippen LogP contribution in [0.1, 0.15) is 24.8 Å². The topological polar surface area (TPSA) is 81.7 Å². The Morgan fingerprint density at radius 1 is 1.42 bits per heavy atom. The SMILES string of the molecule is O=C1NC(=O)C(=Cc2cccc(Cl)c2N2CCC[C@@H](NCCCO)C2)S1. The van der Waals surface area contributed by atoms with Crippen molar-refractivity contribution in [2.75, 3.05) is 31.1 Å². The van der Waals surface area contributed by atoms with Gasteiger partial charge in [0.2, 0.25) is 0 Å². The maximum atomic E-state index is 11.9. The van der Waals surface area contributed by atoms with Crippen molar-refractivity contribution in [2.24, 2.45) is 0 Å². The number of aliphatic hydroxyl groups excluding tert-OH is 1. The summed E-state index contributed by atoms with van der Waals surface area (Å²) in [6, 6.07) is 5.93. The second kappa shape index (κ2) is 8.90. The highest BCUT2D eigenvalue weighted by Gasteiger charge is 2.27. The number of benzene rings is 1. The number of carbonyl (C=O) groups excluding carboxylic acids is 2. The number of halogens is 1. The Kier molecular flexibility index (Phi) is 6.58. The van der Waals surface area contributed by atoms with E-state index in [4.69, 9.17) is 16.7 Å². The van der Waals surface area contributed by atoms with E-state index in [-0.39, 0.29) is 17.8 Å². The summed E-state index contributed by atoms with van der Waals surface area (Å²) in [6.07, 6.45) is 4.58. The highest BCUT2D eigenvalue weighted by atomic mass is 35.5. The van der Waals surface area contributed by atoms with Gasteiger partial charge in [-0.1, -0.05) is 23.7 Å². The average Bonchev–Trinajstić information content (AvgIpc) is 2.93. The zero-order chi connectivity index (χ0) is 18.5. The van der Waals surface area contributed by atoms with Gasteiger partial charge in [0.05, 0.1) is 15.6 Å². The number of anilines is 1. The van der Waals surface area contributed by atoms with E-state index in [9.17, 15) is 9.59 Å². The molecule has 0 saturated carbocycles. The van der Waals surface area contributed by atoms with Crippen LogP contribution < -0.4 is 15.5 Å². The molecule has 3 rings (SSSR count). The van der Waals surface area contributed by atoms with Crippen molar-refractivity contribution in [3.8, 4) is 0 Å². The van der Waals surface area contributed by atoms with Gasteiger partial charge in [-0.15, -0.1) is 0 Å². The summed E-state index contributed by atoms with van der Waals surface area (Å²) in [7, 11) is 0. The predicted octanol–water partition coefficient (Wildman–Crippen LogP) is 2.60. The summed E-state index contributed by atoms with van der Waals surface area (Å²) in [6.45, 7) is 2.66. The second-order valence-corrected chi connectivity index (χ2v) is 7.77. The van der Waals surface area contributed by atoms with Crippen molar-refractivity contribution in [1.29, 1.82) is 0 Å². The van der Waals surface area contributed by atoms with Gasteiger partial charge in [0.25, 0.3) is 11.1 Å². The van der Waals surface area contributed by atoms with Crippen LogP contribution in [0.2, 0.25) is 5.02 Å². The van der Waals surface area contributed by atoms with Crippen LogP contribution in [0.25, 0.3) is 6.08 Å². The van der Waals surface area contributed by atoms with E-state index in [1.807, 2.05) is 18.2 Å². The molecule has 0 radical (unpaired) electrons. The molecule has 1 aromatic carbocycles. The number of piperidine rings is 1. The zero-order valence-corrected chi connectivity index (χ0v) is 15.9. The van der Waals surface area contributed by atoms with Crippen LogP contribution in [-0.4, -0.2) is 48.5 Å². The molecule has 140 valence electrons. The van der Waals surface area contributed by atoms with E-state index in [1.165, 1.54) is 0 Å². The number of para-hydroxylation sites is 1. The van der Waals surface area contributed by atoms with Gasteiger partial charge in [0.1, 0.15) is 0 Å². The second-order valence-electron chi connectivity index (χ2n) is 6.35. The summed E-state index contributed by atoms with van der Waals surface area (Å²) < 4.78 is 0. The smallest absolute Gasteiger partial charge is 0.290 e. The highest BCUT2D eigenvalue weighted by Crippen LogP contribution is 2.35. The van der Waals surface area contributed by atoms with Crippen LogP contribution in [-0.2, 0) is 4.79 Å². The lowest BCUT2D eigenvalue weighted by Crippen LogP contribution is -2.46. The fraction of sp³-hybridized carbons (Fsp3) is 0.444. The van der Waals surface area contributed by atoms with Crippen molar-refractivity contribution >= 4 is 46.3 Å². The van der Waals surface area contributed by atoms with Crippen LogP contribution >= 0.6 is 23.4 Å². The summed E-state index contributed by atoms with van der Waals surface area (Å²) in [5.41, 5.74) is 1.73. The molecular formula is C18H22ClN3O3S. The Labute approximate surface area is 162 Å². The molecule has 6 nitrogen and oxygen atoms in total. The minimum atomic E-state index is -0.367. The lowest BCUT2D eigenvalue weighted by molar-refractivity contribution is -0.115. The third kappa shape index (κ3) is 4.59. The van der Waals surface area contributed by atoms with Crippen LogP contribution in [0.3, 0.4) is 0 Å². The molecule has 8 heteroatoms. The Morgan fingerprint density at radius 2 is 2.27 bits per heavy atom. The molecule has 2 fully saturated rings. The molecule has 3 N–H and O–H groups in total. The van der Waals surface area contributed by atoms with Crippen LogP contribution in [0.4, 0.5) is 10.5 Å². The molecule has 2 amide bonds. The summed E-state index contributed by atoms with van der Waals surface area (Å²) in [5.74, 6) is -0.367. The van der Waals surface area contributed by atoms with Crippen LogP contribution in [0.5, 0.6) is 0 Å². The van der Waals surface area contributed by atoms with Crippen LogP contribution in [0.15, 0.2) is 23.1 Å². The molecule has 2 aliphatic heterocycles. The molecule has 0 aliphatic carbocycles. The molecule has 0 unspecified atom stereocenters. The first kappa shape index (κ1) is 19.2. The zero-order valence-electron chi connectivity index (χ0n) is 14.3. The number of nitrogens with one attached hydrogen (secondary N) is 2. The van der Waals surface area contributed by atoms with Crippen molar-refractivity contribution < 1.29 is 14.7 Å². The number of rotatable bonds is 6. The van der Waals surface area contributed by atoms with E-state index < -0.39 is 0 Å². The Hall–Kier alpha value is -1.54. The molecule has 2 saturated heterocycles. The molecule has 1 aromatic rings. The summed E-state index contributed by atoms with van der Waals surface area (Å²) in [4.78, 5) is 25.9. The number of amides is 2. The van der Waals surface area contributed by atoms with Gasteiger partial charge < -0.3 is 15.3 Å². The van der Waals surface area contributed by atoms with E-state index in [0.717, 1.165) is 61.9 Å². The minimum Gasteiger partial charge on any atom is -0.396 e. The van der Waals surface area contributed by atoms with Gasteiger partial charge in [0, 0.05) is 31.3 Å². The summed E-state index contributed by atoms with van der Waals surface area (Å²) >= 11 is 7.40. The van der Waals surface area contributed by atoms with E-state index in [2.05, 4.69) is 15.5 Å². The minimum absolute atomic E-state index is 0.185. The molecule has 2 heterocycles. The number of thioether (sulfide) groups is 1.